The molecule has 0 radical (unpaired) electrons. The molecule has 8 nitrogen and oxygen atoms in total. The fraction of sp³-hybridized carbons (Fsp3) is 0.346. The van der Waals surface area contributed by atoms with Gasteiger partial charge in [-0.05, 0) is 31.2 Å². The largest absolute Gasteiger partial charge is 0.491 e. The molecule has 1 saturated heterocycles. The number of nitrogens with one attached hydrogen (secondary N) is 1. The Hall–Kier alpha value is -3.11. The number of aromatic nitrogens is 2. The standard InChI is InChI=1S/C26H29N5O3S/c1-18-28-23-14-21(7-8-24(23)35-18)34-17-20(32)15-30-10-12-31(13-11-30)16-25(33)29-22-6-2-4-19-5-3-9-27-26(19)22/h2-9,14,20,32H,10-13,15-17H2,1H3,(H,29,33). The number of carbonyl (C=O) groups excluding carboxylic acids is 1. The molecule has 2 aromatic heterocycles. The molecule has 0 bridgehead atoms. The minimum atomic E-state index is -0.587. The zero-order valence-electron chi connectivity index (χ0n) is 19.7. The summed E-state index contributed by atoms with van der Waals surface area (Å²) in [7, 11) is 0. The van der Waals surface area contributed by atoms with Gasteiger partial charge in [-0.3, -0.25) is 19.6 Å². The first-order valence-electron chi connectivity index (χ1n) is 11.8. The minimum Gasteiger partial charge on any atom is -0.491 e. The van der Waals surface area contributed by atoms with Crippen LogP contribution in [0.4, 0.5) is 5.69 Å². The van der Waals surface area contributed by atoms with Gasteiger partial charge in [0.25, 0.3) is 0 Å². The van der Waals surface area contributed by atoms with Gasteiger partial charge in [0.15, 0.2) is 0 Å². The van der Waals surface area contributed by atoms with E-state index < -0.39 is 6.10 Å². The predicted molar refractivity (Wildman–Crippen MR) is 139 cm³/mol. The highest BCUT2D eigenvalue weighted by molar-refractivity contribution is 7.18. The van der Waals surface area contributed by atoms with E-state index in [1.807, 2.05) is 55.5 Å². The zero-order chi connectivity index (χ0) is 24.2. The lowest BCUT2D eigenvalue weighted by atomic mass is 10.2. The van der Waals surface area contributed by atoms with E-state index >= 15 is 0 Å². The molecule has 35 heavy (non-hydrogen) atoms. The van der Waals surface area contributed by atoms with Gasteiger partial charge in [0.2, 0.25) is 5.91 Å². The van der Waals surface area contributed by atoms with Crippen LogP contribution in [0.5, 0.6) is 5.75 Å². The molecule has 0 spiro atoms. The first-order chi connectivity index (χ1) is 17.0. The third kappa shape index (κ3) is 5.94. The number of aliphatic hydroxyl groups is 1. The molecule has 9 heteroatoms. The molecule has 182 valence electrons. The second-order valence-corrected chi connectivity index (χ2v) is 10.1. The summed E-state index contributed by atoms with van der Waals surface area (Å²) in [5.41, 5.74) is 2.46. The molecule has 2 N–H and O–H groups in total. The lowest BCUT2D eigenvalue weighted by Gasteiger charge is -2.35. The number of anilines is 1. The maximum Gasteiger partial charge on any atom is 0.238 e. The number of para-hydroxylation sites is 1. The van der Waals surface area contributed by atoms with Gasteiger partial charge in [0.1, 0.15) is 18.5 Å². The smallest absolute Gasteiger partial charge is 0.238 e. The Morgan fingerprint density at radius 1 is 1.14 bits per heavy atom. The van der Waals surface area contributed by atoms with Crippen LogP contribution in [-0.4, -0.2) is 82.8 Å². The van der Waals surface area contributed by atoms with Crippen molar-refractivity contribution in [3.63, 3.8) is 0 Å². The van der Waals surface area contributed by atoms with E-state index in [1.165, 1.54) is 0 Å². The number of fused-ring (bicyclic) bond motifs is 2. The van der Waals surface area contributed by atoms with Crippen molar-refractivity contribution in [3.05, 3.63) is 59.7 Å². The average molecular weight is 492 g/mol. The topological polar surface area (TPSA) is 90.8 Å². The number of hydrogen-bond donors (Lipinski definition) is 2. The molecule has 1 amide bonds. The van der Waals surface area contributed by atoms with Crippen molar-refractivity contribution in [1.82, 2.24) is 19.8 Å². The summed E-state index contributed by atoms with van der Waals surface area (Å²) >= 11 is 1.66. The summed E-state index contributed by atoms with van der Waals surface area (Å²) in [6.07, 6.45) is 1.15. The summed E-state index contributed by atoms with van der Waals surface area (Å²) in [4.78, 5) is 25.9. The molecular formula is C26H29N5O3S. The molecule has 1 aliphatic rings. The molecule has 1 fully saturated rings. The molecule has 2 aromatic carbocycles. The Balaban J connectivity index is 1.05. The number of rotatable bonds is 8. The molecule has 4 aromatic rings. The molecule has 5 rings (SSSR count). The van der Waals surface area contributed by atoms with Crippen molar-refractivity contribution in [2.45, 2.75) is 13.0 Å². The SMILES string of the molecule is Cc1nc2cc(OCC(O)CN3CCN(CC(=O)Nc4cccc5cccnc45)CC3)ccc2s1. The molecule has 1 atom stereocenters. The third-order valence-corrected chi connectivity index (χ3v) is 7.07. The number of benzene rings is 2. The van der Waals surface area contributed by atoms with Crippen molar-refractivity contribution < 1.29 is 14.6 Å². The number of carbonyl (C=O) groups is 1. The predicted octanol–water partition coefficient (Wildman–Crippen LogP) is 3.15. The van der Waals surface area contributed by atoms with E-state index in [2.05, 4.69) is 25.1 Å². The molecule has 0 saturated carbocycles. The van der Waals surface area contributed by atoms with Crippen molar-refractivity contribution in [2.75, 3.05) is 51.2 Å². The lowest BCUT2D eigenvalue weighted by molar-refractivity contribution is -0.117. The normalized spacial score (nSPS) is 15.9. The van der Waals surface area contributed by atoms with E-state index in [9.17, 15) is 9.90 Å². The van der Waals surface area contributed by atoms with Crippen molar-refractivity contribution >= 4 is 44.1 Å². The van der Waals surface area contributed by atoms with Crippen molar-refractivity contribution in [3.8, 4) is 5.75 Å². The number of nitrogens with zero attached hydrogens (tertiary/aromatic N) is 4. The Morgan fingerprint density at radius 2 is 1.94 bits per heavy atom. The second kappa shape index (κ2) is 10.7. The van der Waals surface area contributed by atoms with Gasteiger partial charge in [0.05, 0.1) is 33.0 Å². The Labute approximate surface area is 208 Å². The number of β-amino-alcohol motifs (C(OH)–C–C–N with tert-alkyl or cyclic N) is 1. The highest BCUT2D eigenvalue weighted by Gasteiger charge is 2.21. The monoisotopic (exact) mass is 491 g/mol. The molecule has 1 unspecified atom stereocenters. The summed E-state index contributed by atoms with van der Waals surface area (Å²) in [6.45, 7) is 6.23. The summed E-state index contributed by atoms with van der Waals surface area (Å²) in [5.74, 6) is 0.677. The first-order valence-corrected chi connectivity index (χ1v) is 12.6. The summed E-state index contributed by atoms with van der Waals surface area (Å²) in [6, 6.07) is 15.5. The number of aliphatic hydroxyl groups excluding tert-OH is 1. The molecule has 3 heterocycles. The quantitative estimate of drug-likeness (QED) is 0.391. The van der Waals surface area contributed by atoms with Gasteiger partial charge in [0, 0.05) is 50.4 Å². The van der Waals surface area contributed by atoms with Gasteiger partial charge in [-0.25, -0.2) is 4.98 Å². The van der Waals surface area contributed by atoms with Crippen LogP contribution >= 0.6 is 11.3 Å². The van der Waals surface area contributed by atoms with Crippen LogP contribution in [-0.2, 0) is 4.79 Å². The number of thiazole rings is 1. The number of ether oxygens (including phenoxy) is 1. The summed E-state index contributed by atoms with van der Waals surface area (Å²) < 4.78 is 6.94. The van der Waals surface area contributed by atoms with Crippen molar-refractivity contribution in [2.24, 2.45) is 0 Å². The number of piperazine rings is 1. The van der Waals surface area contributed by atoms with E-state index in [4.69, 9.17) is 4.74 Å². The van der Waals surface area contributed by atoms with Gasteiger partial charge in [-0.2, -0.15) is 0 Å². The highest BCUT2D eigenvalue weighted by Crippen LogP contribution is 2.25. The highest BCUT2D eigenvalue weighted by atomic mass is 32.1. The Morgan fingerprint density at radius 3 is 2.80 bits per heavy atom. The Kier molecular flexibility index (Phi) is 7.19. The number of aryl methyl sites for hydroxylation is 1. The molecular weight excluding hydrogens is 462 g/mol. The van der Waals surface area contributed by atoms with Gasteiger partial charge in [-0.1, -0.05) is 18.2 Å². The second-order valence-electron chi connectivity index (χ2n) is 8.83. The lowest BCUT2D eigenvalue weighted by Crippen LogP contribution is -2.50. The van der Waals surface area contributed by atoms with Crippen LogP contribution in [0.2, 0.25) is 0 Å². The first kappa shape index (κ1) is 23.6. The van der Waals surface area contributed by atoms with Crippen molar-refractivity contribution in [1.29, 1.82) is 0 Å². The molecule has 0 aliphatic carbocycles. The number of pyridine rings is 1. The maximum atomic E-state index is 12.6. The number of amides is 1. The van der Waals surface area contributed by atoms with E-state index in [1.54, 1.807) is 17.5 Å². The van der Waals surface area contributed by atoms with Crippen LogP contribution in [0.3, 0.4) is 0 Å². The van der Waals surface area contributed by atoms with Gasteiger partial charge in [-0.15, -0.1) is 11.3 Å². The van der Waals surface area contributed by atoms with E-state index in [0.29, 0.717) is 13.1 Å². The van der Waals surface area contributed by atoms with Crippen LogP contribution < -0.4 is 10.1 Å². The number of hydrogen-bond acceptors (Lipinski definition) is 8. The van der Waals surface area contributed by atoms with Gasteiger partial charge >= 0.3 is 0 Å². The maximum absolute atomic E-state index is 12.6. The van der Waals surface area contributed by atoms with Crippen LogP contribution in [0.25, 0.3) is 21.1 Å². The van der Waals surface area contributed by atoms with Crippen LogP contribution in [0.1, 0.15) is 5.01 Å². The third-order valence-electron chi connectivity index (χ3n) is 6.12. The Bertz CT molecular complexity index is 1310. The summed E-state index contributed by atoms with van der Waals surface area (Å²) in [5, 5.41) is 15.5. The van der Waals surface area contributed by atoms with Crippen LogP contribution in [0.15, 0.2) is 54.7 Å². The molecule has 1 aliphatic heterocycles. The van der Waals surface area contributed by atoms with E-state index in [0.717, 1.165) is 63.7 Å². The zero-order valence-corrected chi connectivity index (χ0v) is 20.5. The average Bonchev–Trinajstić information content (AvgIpc) is 3.23. The van der Waals surface area contributed by atoms with Gasteiger partial charge < -0.3 is 15.2 Å². The van der Waals surface area contributed by atoms with Crippen LogP contribution in [0, 0.1) is 6.92 Å². The fourth-order valence-electron chi connectivity index (χ4n) is 4.38. The fourth-order valence-corrected chi connectivity index (χ4v) is 5.19. The van der Waals surface area contributed by atoms with E-state index in [-0.39, 0.29) is 12.5 Å². The minimum absolute atomic E-state index is 0.0442.